The van der Waals surface area contributed by atoms with E-state index in [1.807, 2.05) is 0 Å². The van der Waals surface area contributed by atoms with Crippen LogP contribution in [-0.2, 0) is 0 Å². The number of alkyl halides is 3. The van der Waals surface area contributed by atoms with Gasteiger partial charge in [0.1, 0.15) is 6.17 Å². The van der Waals surface area contributed by atoms with Gasteiger partial charge in [0, 0.05) is 6.42 Å². The molecular formula is C9H9F3. The van der Waals surface area contributed by atoms with E-state index in [0.717, 1.165) is 0 Å². The van der Waals surface area contributed by atoms with E-state index < -0.39 is 19.0 Å². The third kappa shape index (κ3) is 2.57. The Balaban J connectivity index is 2.59. The first-order chi connectivity index (χ1) is 5.70. The summed E-state index contributed by atoms with van der Waals surface area (Å²) in [6.45, 7) is 0. The zero-order valence-corrected chi connectivity index (χ0v) is 6.38. The number of halogens is 3. The quantitative estimate of drug-likeness (QED) is 0.659. The molecule has 0 N–H and O–H groups in total. The van der Waals surface area contributed by atoms with Crippen LogP contribution in [-0.4, -0.2) is 6.43 Å². The maximum Gasteiger partial charge on any atom is 0.241 e. The van der Waals surface area contributed by atoms with Gasteiger partial charge in [-0.25, -0.2) is 13.2 Å². The smallest absolute Gasteiger partial charge is 0.241 e. The van der Waals surface area contributed by atoms with E-state index in [9.17, 15) is 13.2 Å². The first-order valence-corrected chi connectivity index (χ1v) is 3.67. The van der Waals surface area contributed by atoms with Crippen LogP contribution in [0.2, 0.25) is 0 Å². The second-order valence-electron chi connectivity index (χ2n) is 2.51. The molecule has 0 saturated carbocycles. The third-order valence-corrected chi connectivity index (χ3v) is 1.55. The number of rotatable bonds is 3. The fourth-order valence-corrected chi connectivity index (χ4v) is 0.954. The molecule has 0 aromatic heterocycles. The summed E-state index contributed by atoms with van der Waals surface area (Å²) in [6.07, 6.45) is -4.85. The summed E-state index contributed by atoms with van der Waals surface area (Å²) in [5.74, 6) is 0. The summed E-state index contributed by atoms with van der Waals surface area (Å²) >= 11 is 0. The largest absolute Gasteiger partial charge is 0.242 e. The van der Waals surface area contributed by atoms with Crippen molar-refractivity contribution in [2.75, 3.05) is 0 Å². The van der Waals surface area contributed by atoms with Crippen LogP contribution in [0.1, 0.15) is 18.2 Å². The van der Waals surface area contributed by atoms with Crippen molar-refractivity contribution < 1.29 is 13.2 Å². The summed E-state index contributed by atoms with van der Waals surface area (Å²) in [6, 6.07) is 8.00. The van der Waals surface area contributed by atoms with Gasteiger partial charge in [0.15, 0.2) is 0 Å². The summed E-state index contributed by atoms with van der Waals surface area (Å²) in [5, 5.41) is 0. The van der Waals surface area contributed by atoms with Gasteiger partial charge >= 0.3 is 0 Å². The van der Waals surface area contributed by atoms with Crippen LogP contribution in [0.15, 0.2) is 30.3 Å². The molecule has 0 aliphatic heterocycles. The molecule has 0 heterocycles. The predicted octanol–water partition coefficient (Wildman–Crippen LogP) is 3.35. The minimum atomic E-state index is -2.58. The van der Waals surface area contributed by atoms with E-state index >= 15 is 0 Å². The fourth-order valence-electron chi connectivity index (χ4n) is 0.954. The van der Waals surface area contributed by atoms with Crippen LogP contribution in [0.3, 0.4) is 0 Å². The lowest BCUT2D eigenvalue weighted by Crippen LogP contribution is -1.98. The molecule has 0 fully saturated rings. The molecule has 0 amide bonds. The number of benzene rings is 1. The normalized spacial score (nSPS) is 13.3. The van der Waals surface area contributed by atoms with Gasteiger partial charge < -0.3 is 0 Å². The zero-order valence-electron chi connectivity index (χ0n) is 6.38. The first kappa shape index (κ1) is 9.10. The van der Waals surface area contributed by atoms with E-state index in [1.54, 1.807) is 18.2 Å². The van der Waals surface area contributed by atoms with Gasteiger partial charge in [-0.15, -0.1) is 0 Å². The Bertz CT molecular complexity index is 220. The van der Waals surface area contributed by atoms with Crippen molar-refractivity contribution in [1.29, 1.82) is 0 Å². The highest BCUT2D eigenvalue weighted by Gasteiger charge is 2.15. The highest BCUT2D eigenvalue weighted by Crippen LogP contribution is 2.23. The van der Waals surface area contributed by atoms with Crippen LogP contribution >= 0.6 is 0 Å². The molecule has 1 atom stereocenters. The van der Waals surface area contributed by atoms with Gasteiger partial charge in [0.25, 0.3) is 0 Å². The maximum atomic E-state index is 12.9. The van der Waals surface area contributed by atoms with E-state index in [1.165, 1.54) is 12.1 Å². The number of hydrogen-bond acceptors (Lipinski definition) is 0. The second kappa shape index (κ2) is 4.14. The Morgan fingerprint density at radius 1 is 1.00 bits per heavy atom. The van der Waals surface area contributed by atoms with Crippen molar-refractivity contribution in [2.24, 2.45) is 0 Å². The summed E-state index contributed by atoms with van der Waals surface area (Å²) in [7, 11) is 0. The number of hydrogen-bond donors (Lipinski definition) is 0. The molecule has 1 aromatic carbocycles. The SMILES string of the molecule is FC(F)CC(F)c1ccccc1. The molecule has 3 heteroatoms. The minimum Gasteiger partial charge on any atom is -0.242 e. The van der Waals surface area contributed by atoms with E-state index in [0.29, 0.717) is 5.56 Å². The lowest BCUT2D eigenvalue weighted by Gasteiger charge is -2.06. The van der Waals surface area contributed by atoms with Crippen molar-refractivity contribution in [3.05, 3.63) is 35.9 Å². The lowest BCUT2D eigenvalue weighted by molar-refractivity contribution is 0.100. The third-order valence-electron chi connectivity index (χ3n) is 1.55. The zero-order chi connectivity index (χ0) is 8.97. The van der Waals surface area contributed by atoms with Gasteiger partial charge in [-0.1, -0.05) is 30.3 Å². The van der Waals surface area contributed by atoms with Gasteiger partial charge in [-0.3, -0.25) is 0 Å². The van der Waals surface area contributed by atoms with Crippen molar-refractivity contribution in [3.63, 3.8) is 0 Å². The van der Waals surface area contributed by atoms with Gasteiger partial charge in [0.2, 0.25) is 6.43 Å². The summed E-state index contributed by atoms with van der Waals surface area (Å²) < 4.78 is 36.4. The monoisotopic (exact) mass is 174 g/mol. The van der Waals surface area contributed by atoms with Gasteiger partial charge in [-0.2, -0.15) is 0 Å². The van der Waals surface area contributed by atoms with Gasteiger partial charge in [-0.05, 0) is 5.56 Å². The van der Waals surface area contributed by atoms with E-state index in [2.05, 4.69) is 0 Å². The van der Waals surface area contributed by atoms with Crippen molar-refractivity contribution in [3.8, 4) is 0 Å². The molecule has 0 nitrogen and oxygen atoms in total. The first-order valence-electron chi connectivity index (χ1n) is 3.67. The molecule has 1 aromatic rings. The molecule has 1 unspecified atom stereocenters. The molecule has 1 rings (SSSR count). The molecule has 12 heavy (non-hydrogen) atoms. The Hall–Kier alpha value is -0.990. The lowest BCUT2D eigenvalue weighted by atomic mass is 10.1. The Kier molecular flexibility index (Phi) is 3.14. The van der Waals surface area contributed by atoms with Crippen LogP contribution < -0.4 is 0 Å². The predicted molar refractivity (Wildman–Crippen MR) is 40.9 cm³/mol. The van der Waals surface area contributed by atoms with E-state index in [4.69, 9.17) is 0 Å². The fraction of sp³-hybridized carbons (Fsp3) is 0.333. The molecule has 0 aliphatic carbocycles. The summed E-state index contributed by atoms with van der Waals surface area (Å²) in [4.78, 5) is 0. The second-order valence-corrected chi connectivity index (χ2v) is 2.51. The molecule has 0 radical (unpaired) electrons. The molecule has 0 spiro atoms. The Labute approximate surface area is 69.0 Å². The van der Waals surface area contributed by atoms with Crippen molar-refractivity contribution in [1.82, 2.24) is 0 Å². The Morgan fingerprint density at radius 3 is 2.08 bits per heavy atom. The average molecular weight is 174 g/mol. The standard InChI is InChI=1S/C9H9F3/c10-8(6-9(11)12)7-4-2-1-3-5-7/h1-5,8-9H,6H2. The summed E-state index contributed by atoms with van der Waals surface area (Å²) in [5.41, 5.74) is 0.317. The van der Waals surface area contributed by atoms with E-state index in [-0.39, 0.29) is 0 Å². The van der Waals surface area contributed by atoms with Crippen LogP contribution in [0.25, 0.3) is 0 Å². The van der Waals surface area contributed by atoms with Gasteiger partial charge in [0.05, 0.1) is 0 Å². The maximum absolute atomic E-state index is 12.9. The molecule has 66 valence electrons. The average Bonchev–Trinajstić information content (AvgIpc) is 2.05. The molecule has 0 saturated heterocycles. The topological polar surface area (TPSA) is 0 Å². The molecular weight excluding hydrogens is 165 g/mol. The molecule has 0 bridgehead atoms. The van der Waals surface area contributed by atoms with Crippen LogP contribution in [0.5, 0.6) is 0 Å². The van der Waals surface area contributed by atoms with Crippen molar-refractivity contribution in [2.45, 2.75) is 19.0 Å². The van der Waals surface area contributed by atoms with Crippen LogP contribution in [0, 0.1) is 0 Å². The molecule has 0 aliphatic rings. The minimum absolute atomic E-state index is 0.317. The highest BCUT2D eigenvalue weighted by molar-refractivity contribution is 5.17. The van der Waals surface area contributed by atoms with Crippen LogP contribution in [0.4, 0.5) is 13.2 Å². The van der Waals surface area contributed by atoms with Crippen molar-refractivity contribution >= 4 is 0 Å². The highest BCUT2D eigenvalue weighted by atomic mass is 19.3. The Morgan fingerprint density at radius 2 is 1.58 bits per heavy atom.